The summed E-state index contributed by atoms with van der Waals surface area (Å²) in [6, 6.07) is 2.70. The van der Waals surface area contributed by atoms with Gasteiger partial charge in [0.25, 0.3) is 5.91 Å². The Morgan fingerprint density at radius 2 is 2.34 bits per heavy atom. The number of carbonyl (C=O) groups is 3. The smallest absolute Gasteiger partial charge is 0.316 e. The summed E-state index contributed by atoms with van der Waals surface area (Å²) < 4.78 is 0. The van der Waals surface area contributed by atoms with Crippen LogP contribution >= 0.6 is 23.1 Å². The molecule has 2 unspecified atom stereocenters. The van der Waals surface area contributed by atoms with Crippen LogP contribution in [0.4, 0.5) is 5.13 Å². The number of thioether (sulfide) groups is 1. The minimum absolute atomic E-state index is 0.0171. The number of nitrogens with two attached hydrogens (primary N) is 1. The van der Waals surface area contributed by atoms with Crippen LogP contribution in [0.15, 0.2) is 41.1 Å². The standard InChI is InChI=1S/C22H20N6O5S2/c1-2-8-33-27-15(14-10-34-21(23)25-14)17(29)26-16-18(30)28-11-22(20(31)32,12-35-19(16)28)6-5-13-4-3-7-24-9-13/h1,3-7,9-10,16,19H,8,11-12H2,(H2,23,25)(H,26,29)(H,31,32)/t16?,19-,22?/m1/s1. The van der Waals surface area contributed by atoms with Crippen molar-refractivity contribution < 1.29 is 24.3 Å². The van der Waals surface area contributed by atoms with Gasteiger partial charge < -0.3 is 25.9 Å². The van der Waals surface area contributed by atoms with Crippen molar-refractivity contribution in [2.75, 3.05) is 24.6 Å². The van der Waals surface area contributed by atoms with Crippen LogP contribution in [0.1, 0.15) is 11.3 Å². The van der Waals surface area contributed by atoms with E-state index in [-0.39, 0.29) is 35.4 Å². The fourth-order valence-corrected chi connectivity index (χ4v) is 5.63. The third-order valence-corrected chi connectivity index (χ3v) is 7.60. The summed E-state index contributed by atoms with van der Waals surface area (Å²) in [5.41, 5.74) is 5.16. The topological polar surface area (TPSA) is 160 Å². The molecule has 0 radical (unpaired) electrons. The highest BCUT2D eigenvalue weighted by Gasteiger charge is 2.56. The van der Waals surface area contributed by atoms with Gasteiger partial charge in [-0.3, -0.25) is 19.4 Å². The first kappa shape index (κ1) is 24.2. The van der Waals surface area contributed by atoms with Crippen molar-refractivity contribution in [3.63, 3.8) is 0 Å². The van der Waals surface area contributed by atoms with Crippen LogP contribution in [-0.4, -0.2) is 73.8 Å². The normalized spacial score (nSPS) is 23.8. The van der Waals surface area contributed by atoms with Crippen molar-refractivity contribution in [1.29, 1.82) is 0 Å². The highest BCUT2D eigenvalue weighted by molar-refractivity contribution is 8.00. The van der Waals surface area contributed by atoms with Crippen molar-refractivity contribution in [2.45, 2.75) is 11.4 Å². The number of pyridine rings is 1. The first-order valence-corrected chi connectivity index (χ1v) is 12.2. The third-order valence-electron chi connectivity index (χ3n) is 5.38. The molecule has 0 aliphatic carbocycles. The maximum Gasteiger partial charge on any atom is 0.316 e. The number of hydrogen-bond donors (Lipinski definition) is 3. The molecule has 0 aromatic carbocycles. The second kappa shape index (κ2) is 10.2. The number of carboxylic acids is 1. The SMILES string of the molecule is C#CCON=C(C(=O)NC1C(=O)N2CC(C=Cc3cccnc3)(C(=O)O)CS[C@H]12)c1csc(N)n1. The molecule has 2 aliphatic heterocycles. The summed E-state index contributed by atoms with van der Waals surface area (Å²) in [6.45, 7) is -0.175. The number of carbonyl (C=O) groups excluding carboxylic acids is 2. The number of thiazole rings is 1. The van der Waals surface area contributed by atoms with Crippen LogP contribution in [0.5, 0.6) is 0 Å². The number of nitrogen functional groups attached to an aromatic ring is 1. The molecule has 4 N–H and O–H groups in total. The molecule has 35 heavy (non-hydrogen) atoms. The summed E-state index contributed by atoms with van der Waals surface area (Å²) in [5.74, 6) is 0.345. The zero-order valence-electron chi connectivity index (χ0n) is 18.2. The number of nitrogens with one attached hydrogen (secondary N) is 1. The van der Waals surface area contributed by atoms with E-state index in [4.69, 9.17) is 17.0 Å². The Morgan fingerprint density at radius 1 is 1.51 bits per heavy atom. The summed E-state index contributed by atoms with van der Waals surface area (Å²) in [4.78, 5) is 52.4. The Balaban J connectivity index is 1.47. The molecule has 2 saturated heterocycles. The lowest BCUT2D eigenvalue weighted by Crippen LogP contribution is -2.73. The van der Waals surface area contributed by atoms with E-state index in [2.05, 4.69) is 26.4 Å². The minimum Gasteiger partial charge on any atom is -0.481 e. The third kappa shape index (κ3) is 4.98. The van der Waals surface area contributed by atoms with Gasteiger partial charge in [0.05, 0.1) is 0 Å². The molecule has 2 aromatic rings. The molecule has 2 amide bonds. The number of carboxylic acid groups (broad SMARTS) is 1. The van der Waals surface area contributed by atoms with Gasteiger partial charge in [-0.1, -0.05) is 29.3 Å². The number of aromatic nitrogens is 2. The van der Waals surface area contributed by atoms with E-state index in [1.165, 1.54) is 22.0 Å². The van der Waals surface area contributed by atoms with Crippen molar-refractivity contribution in [3.8, 4) is 12.3 Å². The van der Waals surface area contributed by atoms with Gasteiger partial charge in [0.1, 0.15) is 22.5 Å². The number of hydrogen-bond acceptors (Lipinski definition) is 10. The zero-order valence-corrected chi connectivity index (χ0v) is 19.8. The second-order valence-corrected chi connectivity index (χ2v) is 9.68. The van der Waals surface area contributed by atoms with Gasteiger partial charge in [-0.25, -0.2) is 4.98 Å². The van der Waals surface area contributed by atoms with Crippen LogP contribution in [0.25, 0.3) is 6.08 Å². The molecule has 0 saturated carbocycles. The molecular formula is C22H20N6O5S2. The molecule has 0 bridgehead atoms. The number of rotatable bonds is 8. The Morgan fingerprint density at radius 3 is 3.00 bits per heavy atom. The highest BCUT2D eigenvalue weighted by Crippen LogP contribution is 2.43. The van der Waals surface area contributed by atoms with Crippen molar-refractivity contribution in [2.24, 2.45) is 10.6 Å². The van der Waals surface area contributed by atoms with Gasteiger partial charge in [-0.05, 0) is 11.6 Å². The van der Waals surface area contributed by atoms with E-state index < -0.39 is 34.6 Å². The van der Waals surface area contributed by atoms with Crippen LogP contribution in [0.3, 0.4) is 0 Å². The molecule has 2 aliphatic rings. The molecule has 0 spiro atoms. The molecule has 11 nitrogen and oxygen atoms in total. The molecular weight excluding hydrogens is 492 g/mol. The average Bonchev–Trinajstić information content (AvgIpc) is 3.29. The zero-order chi connectivity index (χ0) is 25.0. The van der Waals surface area contributed by atoms with Gasteiger partial charge in [0, 0.05) is 30.1 Å². The summed E-state index contributed by atoms with van der Waals surface area (Å²) >= 11 is 2.40. The van der Waals surface area contributed by atoms with Crippen LogP contribution in [0, 0.1) is 17.8 Å². The Bertz CT molecular complexity index is 1240. The number of aliphatic carboxylic acids is 1. The van der Waals surface area contributed by atoms with Crippen LogP contribution in [0.2, 0.25) is 0 Å². The van der Waals surface area contributed by atoms with E-state index in [1.807, 2.05) is 0 Å². The molecule has 3 atom stereocenters. The average molecular weight is 513 g/mol. The number of oxime groups is 1. The highest BCUT2D eigenvalue weighted by atomic mass is 32.2. The summed E-state index contributed by atoms with van der Waals surface area (Å²) in [7, 11) is 0. The molecule has 180 valence electrons. The maximum absolute atomic E-state index is 12.9. The summed E-state index contributed by atoms with van der Waals surface area (Å²) in [5, 5.41) is 17.7. The first-order chi connectivity index (χ1) is 16.8. The van der Waals surface area contributed by atoms with Gasteiger partial charge >= 0.3 is 5.97 Å². The molecule has 2 fully saturated rings. The van der Waals surface area contributed by atoms with E-state index in [0.29, 0.717) is 0 Å². The number of β-lactam (4-membered cyclic amide) rings is 1. The molecule has 13 heteroatoms. The largest absolute Gasteiger partial charge is 0.481 e. The fourth-order valence-electron chi connectivity index (χ4n) is 3.57. The van der Waals surface area contributed by atoms with Crippen molar-refractivity contribution in [1.82, 2.24) is 20.2 Å². The van der Waals surface area contributed by atoms with E-state index >= 15 is 0 Å². The second-order valence-electron chi connectivity index (χ2n) is 7.69. The van der Waals surface area contributed by atoms with Crippen LogP contribution in [-0.2, 0) is 19.2 Å². The Hall–Kier alpha value is -3.89. The Kier molecular flexibility index (Phi) is 7.04. The number of terminal acetylenes is 1. The quantitative estimate of drug-likeness (QED) is 0.152. The van der Waals surface area contributed by atoms with E-state index in [9.17, 15) is 19.5 Å². The number of anilines is 1. The number of amides is 2. The van der Waals surface area contributed by atoms with Crippen molar-refractivity contribution >= 4 is 57.8 Å². The lowest BCUT2D eigenvalue weighted by atomic mass is 9.86. The van der Waals surface area contributed by atoms with Gasteiger partial charge in [0.15, 0.2) is 17.5 Å². The number of fused-ring (bicyclic) bond motifs is 1. The van der Waals surface area contributed by atoms with Crippen molar-refractivity contribution in [3.05, 3.63) is 47.2 Å². The van der Waals surface area contributed by atoms with Gasteiger partial charge in [-0.15, -0.1) is 29.5 Å². The van der Waals surface area contributed by atoms with Gasteiger partial charge in [0.2, 0.25) is 5.91 Å². The monoisotopic (exact) mass is 512 g/mol. The van der Waals surface area contributed by atoms with E-state index in [0.717, 1.165) is 16.9 Å². The lowest BCUT2D eigenvalue weighted by molar-refractivity contribution is -0.155. The van der Waals surface area contributed by atoms with Crippen LogP contribution < -0.4 is 11.1 Å². The summed E-state index contributed by atoms with van der Waals surface area (Å²) in [6.07, 6.45) is 11.7. The molecule has 4 rings (SSSR count). The minimum atomic E-state index is -1.27. The fraction of sp³-hybridized carbons (Fsp3) is 0.273. The van der Waals surface area contributed by atoms with E-state index in [1.54, 1.807) is 36.7 Å². The number of nitrogens with zero attached hydrogens (tertiary/aromatic N) is 4. The Labute approximate surface area is 208 Å². The predicted molar refractivity (Wildman–Crippen MR) is 131 cm³/mol. The van der Waals surface area contributed by atoms with Gasteiger partial charge in [-0.2, -0.15) is 0 Å². The maximum atomic E-state index is 12.9. The first-order valence-electron chi connectivity index (χ1n) is 10.2. The molecule has 2 aromatic heterocycles. The lowest BCUT2D eigenvalue weighted by Gasteiger charge is -2.53. The predicted octanol–water partition coefficient (Wildman–Crippen LogP) is 0.659. The molecule has 4 heterocycles.